The van der Waals surface area contributed by atoms with Gasteiger partial charge in [0, 0.05) is 12.3 Å². The van der Waals surface area contributed by atoms with Crippen LogP contribution >= 0.6 is 11.8 Å². The van der Waals surface area contributed by atoms with E-state index in [4.69, 9.17) is 0 Å². The van der Waals surface area contributed by atoms with Crippen LogP contribution in [0.3, 0.4) is 0 Å². The van der Waals surface area contributed by atoms with Crippen LogP contribution in [0.2, 0.25) is 0 Å². The van der Waals surface area contributed by atoms with Crippen molar-refractivity contribution in [3.05, 3.63) is 0 Å². The third-order valence-corrected chi connectivity index (χ3v) is 3.20. The van der Waals surface area contributed by atoms with Crippen LogP contribution in [0.5, 0.6) is 0 Å². The highest BCUT2D eigenvalue weighted by Crippen LogP contribution is 2.16. The molecule has 0 radical (unpaired) electrons. The van der Waals surface area contributed by atoms with Crippen LogP contribution in [-0.2, 0) is 0 Å². The average molecular weight is 203 g/mol. The highest BCUT2D eigenvalue weighted by molar-refractivity contribution is 7.99. The SMILES string of the molecule is C1CNCCSC1.CCC(C)(C)C. The minimum absolute atomic E-state index is 0.542. The molecule has 0 atom stereocenters. The highest BCUT2D eigenvalue weighted by Gasteiger charge is 2.03. The summed E-state index contributed by atoms with van der Waals surface area (Å²) in [7, 11) is 0. The van der Waals surface area contributed by atoms with Gasteiger partial charge in [-0.05, 0) is 24.1 Å². The van der Waals surface area contributed by atoms with E-state index in [9.17, 15) is 0 Å². The summed E-state index contributed by atoms with van der Waals surface area (Å²) in [5.74, 6) is 2.66. The van der Waals surface area contributed by atoms with Crippen molar-refractivity contribution in [1.82, 2.24) is 5.32 Å². The van der Waals surface area contributed by atoms with E-state index in [-0.39, 0.29) is 0 Å². The van der Waals surface area contributed by atoms with E-state index in [0.717, 1.165) is 0 Å². The number of thioether (sulfide) groups is 1. The molecule has 1 fully saturated rings. The summed E-state index contributed by atoms with van der Waals surface area (Å²) in [6.45, 7) is 11.4. The standard InChI is InChI=1S/C6H14.C5H11NS/c1-5-6(2,3)4;1-2-6-3-5-7-4-1/h5H2,1-4H3;6H,1-5H2. The molecule has 0 amide bonds. The number of hydrogen-bond acceptors (Lipinski definition) is 2. The minimum atomic E-state index is 0.542. The van der Waals surface area contributed by atoms with E-state index < -0.39 is 0 Å². The zero-order valence-electron chi connectivity index (χ0n) is 9.65. The molecule has 2 heteroatoms. The Morgan fingerprint density at radius 2 is 1.77 bits per heavy atom. The third-order valence-electron chi connectivity index (χ3n) is 2.13. The molecule has 1 nitrogen and oxygen atoms in total. The summed E-state index contributed by atoms with van der Waals surface area (Å²) in [6, 6.07) is 0. The molecule has 0 aromatic rings. The van der Waals surface area contributed by atoms with Crippen LogP contribution < -0.4 is 5.32 Å². The van der Waals surface area contributed by atoms with Crippen molar-refractivity contribution in [3.63, 3.8) is 0 Å². The normalized spacial score (nSPS) is 18.5. The summed E-state index contributed by atoms with van der Waals surface area (Å²) in [5, 5.41) is 3.33. The van der Waals surface area contributed by atoms with Gasteiger partial charge in [0.2, 0.25) is 0 Å². The molecule has 1 N–H and O–H groups in total. The molecule has 0 bridgehead atoms. The van der Waals surface area contributed by atoms with Crippen LogP contribution in [0, 0.1) is 5.41 Å². The molecule has 1 rings (SSSR count). The first-order valence-electron chi connectivity index (χ1n) is 5.35. The number of nitrogens with one attached hydrogen (secondary N) is 1. The summed E-state index contributed by atoms with van der Waals surface area (Å²) in [6.07, 6.45) is 2.62. The fourth-order valence-electron chi connectivity index (χ4n) is 0.671. The van der Waals surface area contributed by atoms with E-state index in [1.807, 2.05) is 0 Å². The fourth-order valence-corrected chi connectivity index (χ4v) is 1.51. The van der Waals surface area contributed by atoms with Crippen LogP contribution in [0.15, 0.2) is 0 Å². The third kappa shape index (κ3) is 12.3. The molecule has 1 aliphatic heterocycles. The highest BCUT2D eigenvalue weighted by atomic mass is 32.2. The van der Waals surface area contributed by atoms with Crippen LogP contribution in [-0.4, -0.2) is 24.6 Å². The Kier molecular flexibility index (Phi) is 7.87. The average Bonchev–Trinajstić information content (AvgIpc) is 2.34. The Morgan fingerprint density at radius 3 is 2.31 bits per heavy atom. The lowest BCUT2D eigenvalue weighted by atomic mass is 9.94. The van der Waals surface area contributed by atoms with Crippen LogP contribution in [0.25, 0.3) is 0 Å². The predicted octanol–water partition coefficient (Wildman–Crippen LogP) is 3.16. The second-order valence-corrected chi connectivity index (χ2v) is 5.85. The Labute approximate surface area is 88.1 Å². The molecule has 1 heterocycles. The Balaban J connectivity index is 0.000000226. The van der Waals surface area contributed by atoms with Crippen molar-refractivity contribution in [1.29, 1.82) is 0 Å². The molecule has 1 saturated heterocycles. The van der Waals surface area contributed by atoms with Gasteiger partial charge in [0.05, 0.1) is 0 Å². The topological polar surface area (TPSA) is 12.0 Å². The van der Waals surface area contributed by atoms with Gasteiger partial charge < -0.3 is 5.32 Å². The molecule has 0 aromatic carbocycles. The lowest BCUT2D eigenvalue weighted by Gasteiger charge is -2.12. The Bertz CT molecular complexity index is 87.5. The molecular weight excluding hydrogens is 178 g/mol. The van der Waals surface area contributed by atoms with Gasteiger partial charge in [-0.25, -0.2) is 0 Å². The van der Waals surface area contributed by atoms with Gasteiger partial charge in [-0.3, -0.25) is 0 Å². The van der Waals surface area contributed by atoms with Gasteiger partial charge in [-0.1, -0.05) is 34.1 Å². The van der Waals surface area contributed by atoms with Crippen molar-refractivity contribution in [3.8, 4) is 0 Å². The van der Waals surface area contributed by atoms with Crippen molar-refractivity contribution >= 4 is 11.8 Å². The number of hydrogen-bond donors (Lipinski definition) is 1. The van der Waals surface area contributed by atoms with E-state index in [0.29, 0.717) is 5.41 Å². The predicted molar refractivity (Wildman–Crippen MR) is 64.6 cm³/mol. The first-order valence-corrected chi connectivity index (χ1v) is 6.50. The molecule has 1 aliphatic rings. The maximum Gasteiger partial charge on any atom is 0.00581 e. The molecular formula is C11H25NS. The zero-order valence-corrected chi connectivity index (χ0v) is 10.5. The quantitative estimate of drug-likeness (QED) is 0.649. The first-order chi connectivity index (χ1) is 6.06. The summed E-state index contributed by atoms with van der Waals surface area (Å²) < 4.78 is 0. The Hall–Kier alpha value is 0.310. The van der Waals surface area contributed by atoms with Crippen molar-refractivity contribution in [2.24, 2.45) is 5.41 Å². The molecule has 0 spiro atoms. The lowest BCUT2D eigenvalue weighted by Crippen LogP contribution is -2.15. The molecule has 80 valence electrons. The molecule has 13 heavy (non-hydrogen) atoms. The van der Waals surface area contributed by atoms with E-state index in [1.165, 1.54) is 37.4 Å². The smallest absolute Gasteiger partial charge is 0.00581 e. The molecule has 0 aromatic heterocycles. The van der Waals surface area contributed by atoms with Gasteiger partial charge >= 0.3 is 0 Å². The lowest BCUT2D eigenvalue weighted by molar-refractivity contribution is 0.398. The first kappa shape index (κ1) is 13.3. The van der Waals surface area contributed by atoms with Crippen molar-refractivity contribution in [2.75, 3.05) is 24.6 Å². The van der Waals surface area contributed by atoms with Gasteiger partial charge in [0.25, 0.3) is 0 Å². The maximum absolute atomic E-state index is 3.33. The molecule has 0 aliphatic carbocycles. The fraction of sp³-hybridized carbons (Fsp3) is 1.00. The molecule has 0 saturated carbocycles. The Morgan fingerprint density at radius 1 is 1.15 bits per heavy atom. The van der Waals surface area contributed by atoms with Crippen LogP contribution in [0.1, 0.15) is 40.5 Å². The number of rotatable bonds is 0. The van der Waals surface area contributed by atoms with E-state index in [2.05, 4.69) is 44.8 Å². The zero-order chi connectivity index (χ0) is 10.2. The van der Waals surface area contributed by atoms with Gasteiger partial charge in [0.15, 0.2) is 0 Å². The van der Waals surface area contributed by atoms with Gasteiger partial charge in [-0.15, -0.1) is 0 Å². The van der Waals surface area contributed by atoms with E-state index in [1.54, 1.807) is 0 Å². The van der Waals surface area contributed by atoms with Gasteiger partial charge in [-0.2, -0.15) is 11.8 Å². The summed E-state index contributed by atoms with van der Waals surface area (Å²) >= 11 is 2.05. The largest absolute Gasteiger partial charge is 0.316 e. The van der Waals surface area contributed by atoms with Crippen LogP contribution in [0.4, 0.5) is 0 Å². The van der Waals surface area contributed by atoms with Crippen molar-refractivity contribution < 1.29 is 0 Å². The van der Waals surface area contributed by atoms with E-state index >= 15 is 0 Å². The monoisotopic (exact) mass is 203 g/mol. The maximum atomic E-state index is 3.33. The summed E-state index contributed by atoms with van der Waals surface area (Å²) in [5.41, 5.74) is 0.542. The van der Waals surface area contributed by atoms with Crippen molar-refractivity contribution in [2.45, 2.75) is 40.5 Å². The minimum Gasteiger partial charge on any atom is -0.316 e. The molecule has 0 unspecified atom stereocenters. The summed E-state index contributed by atoms with van der Waals surface area (Å²) in [4.78, 5) is 0. The second-order valence-electron chi connectivity index (χ2n) is 4.63. The van der Waals surface area contributed by atoms with Gasteiger partial charge in [0.1, 0.15) is 0 Å². The second kappa shape index (κ2) is 7.69.